The molecule has 0 saturated heterocycles. The largest absolute Gasteiger partial charge is 0.348 e. The van der Waals surface area contributed by atoms with Crippen LogP contribution in [0.4, 0.5) is 0 Å². The predicted octanol–water partition coefficient (Wildman–Crippen LogP) is 1.59. The number of hydrogen-bond donors (Lipinski definition) is 3. The molecule has 3 N–H and O–H groups in total. The summed E-state index contributed by atoms with van der Waals surface area (Å²) >= 11 is 3.38. The van der Waals surface area contributed by atoms with Crippen molar-refractivity contribution in [3.63, 3.8) is 0 Å². The van der Waals surface area contributed by atoms with Crippen LogP contribution in [0.3, 0.4) is 0 Å². The Morgan fingerprint density at radius 3 is 2.55 bits per heavy atom. The molecule has 2 aromatic carbocycles. The van der Waals surface area contributed by atoms with Gasteiger partial charge in [0.25, 0.3) is 11.5 Å². The summed E-state index contributed by atoms with van der Waals surface area (Å²) in [7, 11) is 3.39. The van der Waals surface area contributed by atoms with Crippen LogP contribution in [0.15, 0.2) is 80.6 Å². The van der Waals surface area contributed by atoms with E-state index in [9.17, 15) is 14.4 Å². The number of halogens is 1. The molecule has 0 atom stereocenters. The van der Waals surface area contributed by atoms with Crippen LogP contribution in [-0.2, 0) is 13.6 Å². The number of amides is 1. The maximum Gasteiger partial charge on any atom is 0.331 e. The number of fused-ring (bicyclic) bond motifs is 1. The van der Waals surface area contributed by atoms with Gasteiger partial charge in [-0.1, -0.05) is 28.1 Å². The SMILES string of the molecule is CNN1C=CC(CNC(=O)c2ccc3c(c2)c(=O)n(Cc2ccc(Br)cc2)c(=O)n3C)=CN1. The number of hydrogen-bond acceptors (Lipinski definition) is 6. The first kappa shape index (κ1) is 22.6. The molecule has 2 heterocycles. The van der Waals surface area contributed by atoms with Crippen LogP contribution in [0.2, 0.25) is 0 Å². The van der Waals surface area contributed by atoms with Crippen LogP contribution in [0, 0.1) is 0 Å². The molecular weight excluding hydrogens is 488 g/mol. The molecule has 10 heteroatoms. The second-order valence-electron chi connectivity index (χ2n) is 7.53. The molecule has 4 rings (SSSR count). The van der Waals surface area contributed by atoms with E-state index >= 15 is 0 Å². The number of rotatable bonds is 6. The minimum absolute atomic E-state index is 0.141. The van der Waals surface area contributed by atoms with Gasteiger partial charge in [0.15, 0.2) is 0 Å². The number of carbonyl (C=O) groups excluding carboxylic acids is 1. The molecule has 33 heavy (non-hydrogen) atoms. The summed E-state index contributed by atoms with van der Waals surface area (Å²) in [6.07, 6.45) is 5.43. The van der Waals surface area contributed by atoms with Gasteiger partial charge in [-0.25, -0.2) is 15.3 Å². The highest BCUT2D eigenvalue weighted by atomic mass is 79.9. The lowest BCUT2D eigenvalue weighted by molar-refractivity contribution is 0.0957. The topological polar surface area (TPSA) is 100 Å². The maximum atomic E-state index is 13.2. The van der Waals surface area contributed by atoms with E-state index < -0.39 is 11.2 Å². The van der Waals surface area contributed by atoms with Crippen LogP contribution < -0.4 is 27.4 Å². The molecule has 0 radical (unpaired) electrons. The van der Waals surface area contributed by atoms with E-state index in [4.69, 9.17) is 0 Å². The van der Waals surface area contributed by atoms with E-state index in [2.05, 4.69) is 32.1 Å². The zero-order valence-corrected chi connectivity index (χ0v) is 19.7. The standard InChI is InChI=1S/C23H23BrN6O3/c1-25-30-10-9-16(13-27-30)12-26-21(31)17-5-8-20-19(11-17)22(32)29(23(33)28(20)2)14-15-3-6-18(24)7-4-15/h3-11,13,25,27H,12,14H2,1-2H3,(H,26,31). The number of aromatic nitrogens is 2. The molecule has 0 spiro atoms. The third kappa shape index (κ3) is 4.76. The van der Waals surface area contributed by atoms with Gasteiger partial charge >= 0.3 is 5.69 Å². The van der Waals surface area contributed by atoms with Crippen molar-refractivity contribution in [3.05, 3.63) is 103 Å². The van der Waals surface area contributed by atoms with Crippen LogP contribution in [-0.4, -0.2) is 33.8 Å². The monoisotopic (exact) mass is 510 g/mol. The number of hydrazine groups is 2. The van der Waals surface area contributed by atoms with Crippen LogP contribution >= 0.6 is 15.9 Å². The molecular formula is C23H23BrN6O3. The molecule has 9 nitrogen and oxygen atoms in total. The van der Waals surface area contributed by atoms with E-state index in [0.717, 1.165) is 15.6 Å². The Labute approximate surface area is 198 Å². The zero-order chi connectivity index (χ0) is 23.5. The minimum atomic E-state index is -0.431. The Balaban J connectivity index is 1.61. The fourth-order valence-electron chi connectivity index (χ4n) is 3.52. The predicted molar refractivity (Wildman–Crippen MR) is 130 cm³/mol. The Hall–Kier alpha value is -3.63. The second kappa shape index (κ2) is 9.47. The lowest BCUT2D eigenvalue weighted by Gasteiger charge is -2.22. The van der Waals surface area contributed by atoms with Crippen LogP contribution in [0.1, 0.15) is 15.9 Å². The maximum absolute atomic E-state index is 13.2. The summed E-state index contributed by atoms with van der Waals surface area (Å²) < 4.78 is 3.52. The van der Waals surface area contributed by atoms with Gasteiger partial charge in [-0.05, 0) is 47.5 Å². The van der Waals surface area contributed by atoms with E-state index in [1.165, 1.54) is 15.2 Å². The van der Waals surface area contributed by atoms with Gasteiger partial charge in [0.2, 0.25) is 0 Å². The number of aryl methyl sites for hydroxylation is 1. The molecule has 0 unspecified atom stereocenters. The van der Waals surface area contributed by atoms with Gasteiger partial charge in [-0.3, -0.25) is 24.1 Å². The Morgan fingerprint density at radius 2 is 1.88 bits per heavy atom. The van der Waals surface area contributed by atoms with Gasteiger partial charge in [0, 0.05) is 43.1 Å². The number of nitrogens with one attached hydrogen (secondary N) is 3. The first-order valence-corrected chi connectivity index (χ1v) is 11.0. The minimum Gasteiger partial charge on any atom is -0.348 e. The van der Waals surface area contributed by atoms with Crippen molar-refractivity contribution in [3.8, 4) is 0 Å². The second-order valence-corrected chi connectivity index (χ2v) is 8.45. The zero-order valence-electron chi connectivity index (χ0n) is 18.1. The lowest BCUT2D eigenvalue weighted by atomic mass is 10.1. The molecule has 1 aliphatic heterocycles. The highest BCUT2D eigenvalue weighted by Gasteiger charge is 2.15. The smallest absolute Gasteiger partial charge is 0.331 e. The summed E-state index contributed by atoms with van der Waals surface area (Å²) in [5, 5.41) is 4.83. The molecule has 0 bridgehead atoms. The number of nitrogens with zero attached hydrogens (tertiary/aromatic N) is 3. The highest BCUT2D eigenvalue weighted by Crippen LogP contribution is 2.13. The molecule has 0 saturated carbocycles. The molecule has 1 amide bonds. The first-order chi connectivity index (χ1) is 15.9. The van der Waals surface area contributed by atoms with Crippen LogP contribution in [0.5, 0.6) is 0 Å². The Kier molecular flexibility index (Phi) is 6.47. The number of benzene rings is 2. The summed E-state index contributed by atoms with van der Waals surface area (Å²) in [4.78, 5) is 38.7. The quantitative estimate of drug-likeness (QED) is 0.465. The van der Waals surface area contributed by atoms with E-state index in [1.54, 1.807) is 43.7 Å². The first-order valence-electron chi connectivity index (χ1n) is 10.2. The lowest BCUT2D eigenvalue weighted by Crippen LogP contribution is -2.41. The average molecular weight is 511 g/mol. The van der Waals surface area contributed by atoms with Gasteiger partial charge in [0.05, 0.1) is 17.4 Å². The average Bonchev–Trinajstić information content (AvgIpc) is 2.85. The Morgan fingerprint density at radius 1 is 1.12 bits per heavy atom. The third-order valence-corrected chi connectivity index (χ3v) is 5.92. The van der Waals surface area contributed by atoms with Crippen molar-refractivity contribution in [2.45, 2.75) is 6.54 Å². The summed E-state index contributed by atoms with van der Waals surface area (Å²) in [6, 6.07) is 12.2. The van der Waals surface area contributed by atoms with Gasteiger partial charge in [-0.15, -0.1) is 0 Å². The van der Waals surface area contributed by atoms with Gasteiger partial charge in [0.1, 0.15) is 0 Å². The van der Waals surface area contributed by atoms with Crippen molar-refractivity contribution in [2.24, 2.45) is 7.05 Å². The van der Waals surface area contributed by atoms with Crippen molar-refractivity contribution < 1.29 is 4.79 Å². The van der Waals surface area contributed by atoms with Crippen molar-refractivity contribution in [1.29, 1.82) is 0 Å². The van der Waals surface area contributed by atoms with Gasteiger partial charge in [-0.2, -0.15) is 0 Å². The fourth-order valence-corrected chi connectivity index (χ4v) is 3.78. The van der Waals surface area contributed by atoms with Gasteiger partial charge < -0.3 is 5.32 Å². The normalized spacial score (nSPS) is 13.1. The summed E-state index contributed by atoms with van der Waals surface area (Å²) in [5.74, 6) is -0.310. The van der Waals surface area contributed by atoms with E-state index in [1.807, 2.05) is 30.3 Å². The fraction of sp³-hybridized carbons (Fsp3) is 0.174. The molecule has 0 fully saturated rings. The molecule has 1 aromatic heterocycles. The third-order valence-electron chi connectivity index (χ3n) is 5.39. The molecule has 1 aliphatic rings. The van der Waals surface area contributed by atoms with E-state index in [0.29, 0.717) is 23.0 Å². The molecule has 170 valence electrons. The van der Waals surface area contributed by atoms with Crippen molar-refractivity contribution in [2.75, 3.05) is 13.6 Å². The van der Waals surface area contributed by atoms with Crippen molar-refractivity contribution in [1.82, 2.24) is 30.4 Å². The summed E-state index contributed by atoms with van der Waals surface area (Å²) in [5.41, 5.74) is 7.60. The highest BCUT2D eigenvalue weighted by molar-refractivity contribution is 9.10. The van der Waals surface area contributed by atoms with E-state index in [-0.39, 0.29) is 12.5 Å². The summed E-state index contributed by atoms with van der Waals surface area (Å²) in [6.45, 7) is 0.460. The molecule has 0 aliphatic carbocycles. The molecule has 3 aromatic rings. The Bertz CT molecular complexity index is 1390. The number of carbonyl (C=O) groups is 1. The van der Waals surface area contributed by atoms with Crippen LogP contribution in [0.25, 0.3) is 10.9 Å². The van der Waals surface area contributed by atoms with Crippen molar-refractivity contribution >= 4 is 32.7 Å².